The van der Waals surface area contributed by atoms with E-state index < -0.39 is 35.8 Å². The van der Waals surface area contributed by atoms with Gasteiger partial charge in [-0.2, -0.15) is 0 Å². The number of hydrogen-bond donors (Lipinski definition) is 2. The van der Waals surface area contributed by atoms with Crippen LogP contribution in [0.3, 0.4) is 0 Å². The molecule has 0 aliphatic carbocycles. The largest absolute Gasteiger partial charge is 0.453 e. The predicted octanol–water partition coefficient (Wildman–Crippen LogP) is 1.77. The van der Waals surface area contributed by atoms with Gasteiger partial charge in [-0.05, 0) is 12.1 Å². The molecule has 1 aromatic carbocycles. The normalized spacial score (nSPS) is 17.1. The highest BCUT2D eigenvalue weighted by molar-refractivity contribution is 6.29. The molecule has 39 heavy (non-hydrogen) atoms. The van der Waals surface area contributed by atoms with Gasteiger partial charge >= 0.3 is 12.2 Å². The molecular formula is C24H25ClF2N6O6. The Labute approximate surface area is 226 Å². The lowest BCUT2D eigenvalue weighted by Gasteiger charge is -2.36. The highest BCUT2D eigenvalue weighted by Gasteiger charge is 2.34. The molecule has 0 spiro atoms. The van der Waals surface area contributed by atoms with Crippen LogP contribution in [0.15, 0.2) is 30.5 Å². The van der Waals surface area contributed by atoms with Gasteiger partial charge in [-0.25, -0.2) is 23.4 Å². The molecule has 2 fully saturated rings. The fraction of sp³-hybridized carbons (Fsp3) is 0.375. The molecular weight excluding hydrogens is 542 g/mol. The fourth-order valence-electron chi connectivity index (χ4n) is 4.18. The van der Waals surface area contributed by atoms with Crippen molar-refractivity contribution in [2.45, 2.75) is 6.10 Å². The van der Waals surface area contributed by atoms with Crippen molar-refractivity contribution in [3.63, 3.8) is 0 Å². The zero-order valence-corrected chi connectivity index (χ0v) is 21.5. The average molecular weight is 567 g/mol. The molecule has 208 valence electrons. The number of methoxy groups -OCH3 is 1. The molecule has 15 heteroatoms. The van der Waals surface area contributed by atoms with Crippen molar-refractivity contribution in [2.24, 2.45) is 0 Å². The molecule has 2 N–H and O–H groups in total. The molecule has 3 heterocycles. The van der Waals surface area contributed by atoms with Crippen molar-refractivity contribution in [1.82, 2.24) is 20.5 Å². The Balaban J connectivity index is 1.31. The summed E-state index contributed by atoms with van der Waals surface area (Å²) >= 11 is 5.70. The number of aromatic nitrogens is 1. The van der Waals surface area contributed by atoms with E-state index in [1.807, 2.05) is 0 Å². The van der Waals surface area contributed by atoms with Crippen molar-refractivity contribution in [2.75, 3.05) is 62.7 Å². The second-order valence-electron chi connectivity index (χ2n) is 8.67. The summed E-state index contributed by atoms with van der Waals surface area (Å²) in [5, 5.41) is 5.15. The first-order valence-electron chi connectivity index (χ1n) is 11.9. The van der Waals surface area contributed by atoms with Crippen LogP contribution < -0.4 is 20.4 Å². The number of nitrogens with one attached hydrogen (secondary N) is 2. The van der Waals surface area contributed by atoms with Crippen LogP contribution >= 0.6 is 11.6 Å². The summed E-state index contributed by atoms with van der Waals surface area (Å²) in [6, 6.07) is 5.01. The molecule has 2 saturated heterocycles. The number of carbonyl (C=O) groups excluding carboxylic acids is 4. The number of nitrogens with zero attached hydrogens (tertiary/aromatic N) is 4. The number of cyclic esters (lactones) is 1. The Morgan fingerprint density at radius 3 is 2.44 bits per heavy atom. The molecule has 2 aliphatic heterocycles. The Morgan fingerprint density at radius 1 is 1.13 bits per heavy atom. The van der Waals surface area contributed by atoms with Crippen LogP contribution in [0.5, 0.6) is 0 Å². The molecule has 2 aromatic rings. The van der Waals surface area contributed by atoms with E-state index in [0.29, 0.717) is 0 Å². The summed E-state index contributed by atoms with van der Waals surface area (Å²) in [6.07, 6.45) is -0.929. The smallest absolute Gasteiger partial charge is 0.414 e. The second kappa shape index (κ2) is 12.1. The minimum absolute atomic E-state index is 0.0209. The van der Waals surface area contributed by atoms with Gasteiger partial charge in [0.2, 0.25) is 5.91 Å². The number of ether oxygens (including phenoxy) is 2. The molecule has 1 aromatic heterocycles. The molecule has 0 saturated carbocycles. The Kier molecular flexibility index (Phi) is 8.64. The molecule has 1 unspecified atom stereocenters. The third-order valence-electron chi connectivity index (χ3n) is 6.19. The molecule has 4 rings (SSSR count). The van der Waals surface area contributed by atoms with Crippen molar-refractivity contribution in [1.29, 1.82) is 0 Å². The van der Waals surface area contributed by atoms with Crippen LogP contribution in [0.25, 0.3) is 0 Å². The summed E-state index contributed by atoms with van der Waals surface area (Å²) in [6.45, 7) is 0.384. The third-order valence-corrected chi connectivity index (χ3v) is 6.41. The molecule has 1 atom stereocenters. The maximum atomic E-state index is 15.0. The zero-order chi connectivity index (χ0) is 28.1. The summed E-state index contributed by atoms with van der Waals surface area (Å²) < 4.78 is 39.7. The number of halogens is 3. The lowest BCUT2D eigenvalue weighted by molar-refractivity contribution is -0.130. The molecule has 4 amide bonds. The van der Waals surface area contributed by atoms with E-state index in [0.717, 1.165) is 17.0 Å². The standard InChI is InChI=1S/C24H25ClF2N6O6/c1-38-23(36)30-11-16-13-33(24(37)39-16)15-8-17(26)21(18(27)9-15)32-6-4-31(5-7-32)20(34)12-29-22(35)14-2-3-19(25)28-10-14/h2-3,8-10,16H,4-7,11-13H2,1H3,(H,29,35)(H,30,36). The third kappa shape index (κ3) is 6.63. The number of anilines is 2. The Bertz CT molecular complexity index is 1240. The first-order valence-corrected chi connectivity index (χ1v) is 12.3. The number of hydrogen-bond acceptors (Lipinski definition) is 8. The summed E-state index contributed by atoms with van der Waals surface area (Å²) in [4.78, 5) is 56.0. The lowest BCUT2D eigenvalue weighted by Crippen LogP contribution is -2.51. The number of pyridine rings is 1. The lowest BCUT2D eigenvalue weighted by atomic mass is 10.2. The van der Waals surface area contributed by atoms with Crippen LogP contribution in [-0.4, -0.2) is 92.9 Å². The monoisotopic (exact) mass is 566 g/mol. The highest BCUT2D eigenvalue weighted by Crippen LogP contribution is 2.31. The van der Waals surface area contributed by atoms with Crippen molar-refractivity contribution < 1.29 is 37.4 Å². The van der Waals surface area contributed by atoms with Gasteiger partial charge in [-0.3, -0.25) is 14.5 Å². The van der Waals surface area contributed by atoms with Gasteiger partial charge in [0.25, 0.3) is 5.91 Å². The summed E-state index contributed by atoms with van der Waals surface area (Å²) in [5.41, 5.74) is -0.0485. The molecule has 12 nitrogen and oxygen atoms in total. The highest BCUT2D eigenvalue weighted by atomic mass is 35.5. The predicted molar refractivity (Wildman–Crippen MR) is 135 cm³/mol. The van der Waals surface area contributed by atoms with Crippen LogP contribution in [0.2, 0.25) is 5.15 Å². The SMILES string of the molecule is COC(=O)NCC1CN(c2cc(F)c(N3CCN(C(=O)CNC(=O)c4ccc(Cl)nc4)CC3)c(F)c2)C(=O)O1. The zero-order valence-electron chi connectivity index (χ0n) is 20.8. The van der Waals surface area contributed by atoms with E-state index in [2.05, 4.69) is 20.4 Å². The number of carbonyl (C=O) groups is 4. The number of piperazine rings is 1. The van der Waals surface area contributed by atoms with Gasteiger partial charge in [0.15, 0.2) is 11.6 Å². The number of amides is 4. The van der Waals surface area contributed by atoms with E-state index in [1.54, 1.807) is 0 Å². The Hall–Kier alpha value is -4.20. The van der Waals surface area contributed by atoms with E-state index in [4.69, 9.17) is 16.3 Å². The van der Waals surface area contributed by atoms with Gasteiger partial charge in [0.1, 0.15) is 16.9 Å². The first kappa shape index (κ1) is 27.8. The first-order chi connectivity index (χ1) is 18.7. The van der Waals surface area contributed by atoms with Crippen molar-refractivity contribution in [3.05, 3.63) is 52.8 Å². The number of benzene rings is 1. The van der Waals surface area contributed by atoms with Crippen molar-refractivity contribution in [3.8, 4) is 0 Å². The van der Waals surface area contributed by atoms with E-state index in [1.165, 1.54) is 35.2 Å². The summed E-state index contributed by atoms with van der Waals surface area (Å²) in [5.74, 6) is -2.58. The van der Waals surface area contributed by atoms with Gasteiger partial charge in [0, 0.05) is 44.5 Å². The van der Waals surface area contributed by atoms with Crippen LogP contribution in [0.4, 0.5) is 29.7 Å². The molecule has 0 radical (unpaired) electrons. The van der Waals surface area contributed by atoms with Gasteiger partial charge in [0.05, 0.1) is 38.0 Å². The van der Waals surface area contributed by atoms with Crippen LogP contribution in [0, 0.1) is 11.6 Å². The minimum Gasteiger partial charge on any atom is -0.453 e. The summed E-state index contributed by atoms with van der Waals surface area (Å²) in [7, 11) is 1.19. The van der Waals surface area contributed by atoms with Crippen LogP contribution in [-0.2, 0) is 14.3 Å². The van der Waals surface area contributed by atoms with E-state index >= 15 is 8.78 Å². The molecule has 0 bridgehead atoms. The Morgan fingerprint density at radius 2 is 1.82 bits per heavy atom. The topological polar surface area (TPSA) is 133 Å². The van der Waals surface area contributed by atoms with E-state index in [-0.39, 0.29) is 73.8 Å². The van der Waals surface area contributed by atoms with Gasteiger partial charge in [-0.15, -0.1) is 0 Å². The van der Waals surface area contributed by atoms with Crippen LogP contribution in [0.1, 0.15) is 10.4 Å². The minimum atomic E-state index is -0.877. The average Bonchev–Trinajstić information content (AvgIpc) is 3.30. The van der Waals surface area contributed by atoms with Crippen molar-refractivity contribution >= 4 is 47.0 Å². The quantitative estimate of drug-likeness (QED) is 0.485. The maximum absolute atomic E-state index is 15.0. The van der Waals surface area contributed by atoms with E-state index in [9.17, 15) is 19.2 Å². The van der Waals surface area contributed by atoms with Gasteiger partial charge < -0.3 is 29.9 Å². The molecule has 2 aliphatic rings. The number of alkyl carbamates (subject to hydrolysis) is 1. The fourth-order valence-corrected chi connectivity index (χ4v) is 4.29. The maximum Gasteiger partial charge on any atom is 0.414 e. The van der Waals surface area contributed by atoms with Gasteiger partial charge in [-0.1, -0.05) is 11.6 Å². The second-order valence-corrected chi connectivity index (χ2v) is 9.05. The number of rotatable bonds is 7.